The minimum Gasteiger partial charge on any atom is -0.506 e. The molecule has 1 rings (SSSR count). The number of rotatable bonds is 7. The molecule has 5 heteroatoms. The van der Waals surface area contributed by atoms with Crippen LogP contribution in [0.4, 0.5) is 0 Å². The summed E-state index contributed by atoms with van der Waals surface area (Å²) in [7, 11) is 0. The van der Waals surface area contributed by atoms with Crippen LogP contribution < -0.4 is 5.32 Å². The molecular weight excluding hydrogens is 244 g/mol. The van der Waals surface area contributed by atoms with E-state index in [1.165, 1.54) is 0 Å². The molecule has 0 aromatic carbocycles. The van der Waals surface area contributed by atoms with Crippen molar-refractivity contribution in [2.75, 3.05) is 6.54 Å². The summed E-state index contributed by atoms with van der Waals surface area (Å²) >= 11 is 0. The third-order valence-corrected chi connectivity index (χ3v) is 3.65. The van der Waals surface area contributed by atoms with Crippen molar-refractivity contribution in [3.8, 4) is 5.75 Å². The van der Waals surface area contributed by atoms with E-state index in [0.717, 1.165) is 5.69 Å². The number of aromatic nitrogens is 1. The van der Waals surface area contributed by atoms with Crippen molar-refractivity contribution in [3.63, 3.8) is 0 Å². The number of aryl methyl sites for hydroxylation is 1. The van der Waals surface area contributed by atoms with E-state index in [9.17, 15) is 15.0 Å². The van der Waals surface area contributed by atoms with Gasteiger partial charge in [0.15, 0.2) is 0 Å². The van der Waals surface area contributed by atoms with Crippen LogP contribution in [0.3, 0.4) is 0 Å². The van der Waals surface area contributed by atoms with Gasteiger partial charge in [0.25, 0.3) is 0 Å². The maximum Gasteiger partial charge on any atom is 0.310 e. The van der Waals surface area contributed by atoms with E-state index >= 15 is 0 Å². The van der Waals surface area contributed by atoms with E-state index in [2.05, 4.69) is 10.3 Å². The van der Waals surface area contributed by atoms with Gasteiger partial charge < -0.3 is 15.5 Å². The predicted molar refractivity (Wildman–Crippen MR) is 73.0 cm³/mol. The monoisotopic (exact) mass is 266 g/mol. The first-order valence-electron chi connectivity index (χ1n) is 6.54. The molecule has 0 atom stereocenters. The molecule has 1 aromatic heterocycles. The van der Waals surface area contributed by atoms with Gasteiger partial charge in [0.05, 0.1) is 11.1 Å². The molecule has 0 amide bonds. The molecule has 1 aromatic rings. The van der Waals surface area contributed by atoms with E-state index in [1.807, 2.05) is 20.8 Å². The maximum absolute atomic E-state index is 11.3. The first kappa shape index (κ1) is 15.4. The highest BCUT2D eigenvalue weighted by atomic mass is 16.4. The number of hydrogen-bond donors (Lipinski definition) is 3. The fraction of sp³-hybridized carbons (Fsp3) is 0.571. The van der Waals surface area contributed by atoms with Crippen molar-refractivity contribution < 1.29 is 15.0 Å². The molecule has 1 heterocycles. The second kappa shape index (κ2) is 6.52. The Morgan fingerprint density at radius 3 is 2.53 bits per heavy atom. The predicted octanol–water partition coefficient (Wildman–Crippen LogP) is 2.08. The van der Waals surface area contributed by atoms with Gasteiger partial charge in [-0.15, -0.1) is 0 Å². The molecule has 0 aliphatic carbocycles. The van der Waals surface area contributed by atoms with E-state index in [1.54, 1.807) is 12.1 Å². The Labute approximate surface area is 113 Å². The zero-order valence-electron chi connectivity index (χ0n) is 11.7. The highest BCUT2D eigenvalue weighted by molar-refractivity contribution is 5.74. The highest BCUT2D eigenvalue weighted by Crippen LogP contribution is 2.26. The van der Waals surface area contributed by atoms with Crippen molar-refractivity contribution in [2.45, 2.75) is 40.2 Å². The second-order valence-electron chi connectivity index (χ2n) is 4.81. The van der Waals surface area contributed by atoms with Gasteiger partial charge >= 0.3 is 5.97 Å². The van der Waals surface area contributed by atoms with Gasteiger partial charge in [0.2, 0.25) is 0 Å². The van der Waals surface area contributed by atoms with Gasteiger partial charge in [-0.2, -0.15) is 0 Å². The Morgan fingerprint density at radius 2 is 2.00 bits per heavy atom. The van der Waals surface area contributed by atoms with Crippen LogP contribution >= 0.6 is 0 Å². The third-order valence-electron chi connectivity index (χ3n) is 3.65. The molecule has 0 saturated heterocycles. The smallest absolute Gasteiger partial charge is 0.310 e. The van der Waals surface area contributed by atoms with Crippen LogP contribution in [0.2, 0.25) is 0 Å². The van der Waals surface area contributed by atoms with Crippen molar-refractivity contribution >= 4 is 5.97 Å². The lowest BCUT2D eigenvalue weighted by molar-refractivity contribution is -0.149. The number of hydrogen-bond acceptors (Lipinski definition) is 4. The molecule has 0 bridgehead atoms. The summed E-state index contributed by atoms with van der Waals surface area (Å²) < 4.78 is 0. The summed E-state index contributed by atoms with van der Waals surface area (Å²) in [6, 6.07) is 3.34. The first-order chi connectivity index (χ1) is 8.95. The average Bonchev–Trinajstić information content (AvgIpc) is 2.38. The Morgan fingerprint density at radius 1 is 1.37 bits per heavy atom. The van der Waals surface area contributed by atoms with Crippen LogP contribution in [0.25, 0.3) is 0 Å². The van der Waals surface area contributed by atoms with Gasteiger partial charge in [-0.3, -0.25) is 9.78 Å². The molecule has 0 aliphatic heterocycles. The minimum atomic E-state index is -0.786. The number of nitrogens with zero attached hydrogens (tertiary/aromatic N) is 1. The van der Waals surface area contributed by atoms with Crippen LogP contribution in [0.5, 0.6) is 5.75 Å². The number of aromatic hydroxyl groups is 1. The largest absolute Gasteiger partial charge is 0.506 e. The number of pyridine rings is 1. The summed E-state index contributed by atoms with van der Waals surface area (Å²) in [5.41, 5.74) is 0.621. The normalized spacial score (nSPS) is 11.5. The molecule has 3 N–H and O–H groups in total. The van der Waals surface area contributed by atoms with E-state index < -0.39 is 11.4 Å². The molecule has 5 nitrogen and oxygen atoms in total. The van der Waals surface area contributed by atoms with Crippen LogP contribution in [-0.4, -0.2) is 27.7 Å². The van der Waals surface area contributed by atoms with E-state index in [-0.39, 0.29) is 5.75 Å². The van der Waals surface area contributed by atoms with E-state index in [0.29, 0.717) is 31.6 Å². The zero-order chi connectivity index (χ0) is 14.5. The molecule has 0 radical (unpaired) electrons. The van der Waals surface area contributed by atoms with Crippen LogP contribution in [0, 0.1) is 12.3 Å². The van der Waals surface area contributed by atoms with Crippen molar-refractivity contribution in [3.05, 3.63) is 23.5 Å². The summed E-state index contributed by atoms with van der Waals surface area (Å²) in [5, 5.41) is 22.1. The summed E-state index contributed by atoms with van der Waals surface area (Å²) in [5.74, 6) is -0.654. The molecule has 0 spiro atoms. The van der Waals surface area contributed by atoms with Crippen LogP contribution in [0.15, 0.2) is 12.1 Å². The van der Waals surface area contributed by atoms with Crippen molar-refractivity contribution in [2.24, 2.45) is 5.41 Å². The zero-order valence-corrected chi connectivity index (χ0v) is 11.7. The van der Waals surface area contributed by atoms with E-state index in [4.69, 9.17) is 0 Å². The second-order valence-corrected chi connectivity index (χ2v) is 4.81. The lowest BCUT2D eigenvalue weighted by Gasteiger charge is -2.27. The highest BCUT2D eigenvalue weighted by Gasteiger charge is 2.34. The van der Waals surface area contributed by atoms with Crippen molar-refractivity contribution in [1.29, 1.82) is 0 Å². The van der Waals surface area contributed by atoms with Crippen molar-refractivity contribution in [1.82, 2.24) is 10.3 Å². The molecule has 0 aliphatic rings. The van der Waals surface area contributed by atoms with Gasteiger partial charge in [-0.1, -0.05) is 13.8 Å². The Hall–Kier alpha value is -1.62. The van der Waals surface area contributed by atoms with Crippen LogP contribution in [0.1, 0.15) is 38.1 Å². The maximum atomic E-state index is 11.3. The van der Waals surface area contributed by atoms with Gasteiger partial charge in [-0.05, 0) is 31.9 Å². The molecular formula is C14H22N2O3. The summed E-state index contributed by atoms with van der Waals surface area (Å²) in [6.45, 7) is 6.33. The summed E-state index contributed by atoms with van der Waals surface area (Å²) in [6.07, 6.45) is 1.14. The van der Waals surface area contributed by atoms with Crippen LogP contribution in [-0.2, 0) is 11.3 Å². The quantitative estimate of drug-likeness (QED) is 0.704. The number of nitrogens with one attached hydrogen (secondary N) is 1. The minimum absolute atomic E-state index is 0.132. The Balaban J connectivity index is 2.67. The molecule has 106 valence electrons. The van der Waals surface area contributed by atoms with Gasteiger partial charge in [0.1, 0.15) is 5.75 Å². The topological polar surface area (TPSA) is 82.5 Å². The number of carboxylic acids is 1. The molecule has 19 heavy (non-hydrogen) atoms. The average molecular weight is 266 g/mol. The SMILES string of the molecule is CCC(CC)(CNCc1nc(C)ccc1O)C(=O)O. The summed E-state index contributed by atoms with van der Waals surface area (Å²) in [4.78, 5) is 15.6. The lowest BCUT2D eigenvalue weighted by Crippen LogP contribution is -2.40. The Bertz CT molecular complexity index is 442. The molecule has 0 saturated carbocycles. The number of carbonyl (C=O) groups is 1. The molecule has 0 fully saturated rings. The number of aliphatic carboxylic acids is 1. The number of carboxylic acid groups (broad SMARTS) is 1. The lowest BCUT2D eigenvalue weighted by atomic mass is 9.82. The Kier molecular flexibility index (Phi) is 5.30. The fourth-order valence-corrected chi connectivity index (χ4v) is 2.03. The molecule has 0 unspecified atom stereocenters. The first-order valence-corrected chi connectivity index (χ1v) is 6.54. The third kappa shape index (κ3) is 3.67. The van der Waals surface area contributed by atoms with Gasteiger partial charge in [0, 0.05) is 18.8 Å². The fourth-order valence-electron chi connectivity index (χ4n) is 2.03. The standard InChI is InChI=1S/C14H22N2O3/c1-4-14(5-2,13(18)19)9-15-8-11-12(17)7-6-10(3)16-11/h6-7,15,17H,4-5,8-9H2,1-3H3,(H,18,19). The van der Waals surface area contributed by atoms with Gasteiger partial charge in [-0.25, -0.2) is 0 Å².